The lowest BCUT2D eigenvalue weighted by Crippen LogP contribution is -2.22. The number of fused-ring (bicyclic) bond motifs is 1. The van der Waals surface area contributed by atoms with Crippen molar-refractivity contribution in [3.8, 4) is 0 Å². The van der Waals surface area contributed by atoms with Crippen LogP contribution in [0.3, 0.4) is 0 Å². The number of nitrogen functional groups attached to an aromatic ring is 1. The average Bonchev–Trinajstić information content (AvgIpc) is 2.68. The van der Waals surface area contributed by atoms with Crippen molar-refractivity contribution in [2.24, 2.45) is 0 Å². The molecular weight excluding hydrogens is 216 g/mol. The van der Waals surface area contributed by atoms with Gasteiger partial charge in [0.2, 0.25) is 5.89 Å². The van der Waals surface area contributed by atoms with Crippen molar-refractivity contribution >= 4 is 16.8 Å². The van der Waals surface area contributed by atoms with Gasteiger partial charge in [-0.1, -0.05) is 6.92 Å². The summed E-state index contributed by atoms with van der Waals surface area (Å²) in [7, 11) is 0. The van der Waals surface area contributed by atoms with E-state index in [1.54, 1.807) is 12.1 Å². The summed E-state index contributed by atoms with van der Waals surface area (Å²) in [6.07, 6.45) is 0.945. The molecule has 2 rings (SSSR count). The van der Waals surface area contributed by atoms with Crippen LogP contribution in [-0.2, 0) is 11.3 Å². The van der Waals surface area contributed by atoms with Crippen LogP contribution in [0.1, 0.15) is 33.1 Å². The number of aromatic nitrogens is 1. The highest BCUT2D eigenvalue weighted by molar-refractivity contribution is 5.76. The Balaban J connectivity index is 2.15. The normalized spacial score (nSPS) is 12.2. The van der Waals surface area contributed by atoms with E-state index in [0.29, 0.717) is 18.2 Å². The van der Waals surface area contributed by atoms with Gasteiger partial charge in [0.15, 0.2) is 5.58 Å². The summed E-state index contributed by atoms with van der Waals surface area (Å²) in [5, 5.41) is 0. The number of anilines is 1. The molecular formula is C13H18N2O2. The van der Waals surface area contributed by atoms with Gasteiger partial charge in [-0.05, 0) is 38.5 Å². The van der Waals surface area contributed by atoms with Gasteiger partial charge in [-0.15, -0.1) is 0 Å². The average molecular weight is 234 g/mol. The van der Waals surface area contributed by atoms with Crippen molar-refractivity contribution in [3.63, 3.8) is 0 Å². The van der Waals surface area contributed by atoms with Crippen LogP contribution in [0.15, 0.2) is 22.6 Å². The van der Waals surface area contributed by atoms with Crippen LogP contribution in [0.4, 0.5) is 5.69 Å². The van der Waals surface area contributed by atoms with E-state index in [2.05, 4.69) is 11.9 Å². The summed E-state index contributed by atoms with van der Waals surface area (Å²) in [5.41, 5.74) is 7.74. The maximum absolute atomic E-state index is 5.74. The molecule has 1 heterocycles. The zero-order valence-electron chi connectivity index (χ0n) is 10.5. The number of nitrogens with two attached hydrogens (primary N) is 1. The first-order chi connectivity index (χ1) is 8.00. The molecule has 2 N–H and O–H groups in total. The molecule has 4 heteroatoms. The molecule has 92 valence electrons. The molecule has 0 unspecified atom stereocenters. The predicted molar refractivity (Wildman–Crippen MR) is 67.6 cm³/mol. The smallest absolute Gasteiger partial charge is 0.221 e. The maximum Gasteiger partial charge on any atom is 0.221 e. The fourth-order valence-electron chi connectivity index (χ4n) is 1.41. The van der Waals surface area contributed by atoms with Crippen LogP contribution in [-0.4, -0.2) is 10.6 Å². The Morgan fingerprint density at radius 1 is 1.41 bits per heavy atom. The Hall–Kier alpha value is -1.55. The van der Waals surface area contributed by atoms with Crippen molar-refractivity contribution in [3.05, 3.63) is 24.1 Å². The zero-order chi connectivity index (χ0) is 12.5. The van der Waals surface area contributed by atoms with E-state index in [1.165, 1.54) is 0 Å². The Kier molecular flexibility index (Phi) is 3.07. The van der Waals surface area contributed by atoms with Gasteiger partial charge >= 0.3 is 0 Å². The predicted octanol–water partition coefficient (Wildman–Crippen LogP) is 3.12. The highest BCUT2D eigenvalue weighted by Gasteiger charge is 2.17. The summed E-state index contributed by atoms with van der Waals surface area (Å²) in [6, 6.07) is 5.42. The number of hydrogen-bond donors (Lipinski definition) is 1. The molecule has 0 aliphatic heterocycles. The van der Waals surface area contributed by atoms with Crippen LogP contribution >= 0.6 is 0 Å². The third-order valence-electron chi connectivity index (χ3n) is 2.89. The SMILES string of the molecule is CCC(C)(C)OCc1nc2cc(N)ccc2o1. The van der Waals surface area contributed by atoms with Gasteiger partial charge < -0.3 is 14.9 Å². The third-order valence-corrected chi connectivity index (χ3v) is 2.89. The molecule has 0 radical (unpaired) electrons. The standard InChI is InChI=1S/C13H18N2O2/c1-4-13(2,3)16-8-12-15-10-7-9(14)5-6-11(10)17-12/h5-7H,4,8,14H2,1-3H3. The molecule has 17 heavy (non-hydrogen) atoms. The molecule has 4 nitrogen and oxygen atoms in total. The minimum atomic E-state index is -0.153. The number of benzene rings is 1. The first kappa shape index (κ1) is 11.9. The van der Waals surface area contributed by atoms with E-state index in [0.717, 1.165) is 17.5 Å². The lowest BCUT2D eigenvalue weighted by Gasteiger charge is -2.22. The molecule has 0 bridgehead atoms. The van der Waals surface area contributed by atoms with Crippen LogP contribution in [0.25, 0.3) is 11.1 Å². The first-order valence-corrected chi connectivity index (χ1v) is 5.79. The molecule has 0 saturated heterocycles. The minimum absolute atomic E-state index is 0.153. The van der Waals surface area contributed by atoms with Gasteiger partial charge in [0, 0.05) is 5.69 Å². The lowest BCUT2D eigenvalue weighted by molar-refractivity contribution is -0.0397. The summed E-state index contributed by atoms with van der Waals surface area (Å²) in [4.78, 5) is 4.34. The molecule has 0 atom stereocenters. The van der Waals surface area contributed by atoms with Gasteiger partial charge in [0.05, 0.1) is 5.60 Å². The van der Waals surface area contributed by atoms with Crippen LogP contribution in [0, 0.1) is 0 Å². The molecule has 0 aliphatic rings. The highest BCUT2D eigenvalue weighted by Crippen LogP contribution is 2.21. The number of nitrogens with zero attached hydrogens (tertiary/aromatic N) is 1. The quantitative estimate of drug-likeness (QED) is 0.826. The van der Waals surface area contributed by atoms with Gasteiger partial charge in [0.25, 0.3) is 0 Å². The molecule has 1 aromatic heterocycles. The zero-order valence-corrected chi connectivity index (χ0v) is 10.5. The molecule has 2 aromatic rings. The topological polar surface area (TPSA) is 61.3 Å². The Bertz CT molecular complexity index is 517. The van der Waals surface area contributed by atoms with Crippen LogP contribution < -0.4 is 5.73 Å². The Labute approximate surface area is 101 Å². The van der Waals surface area contributed by atoms with Crippen LogP contribution in [0.2, 0.25) is 0 Å². The van der Waals surface area contributed by atoms with Gasteiger partial charge in [-0.25, -0.2) is 4.98 Å². The summed E-state index contributed by atoms with van der Waals surface area (Å²) in [6.45, 7) is 6.57. The van der Waals surface area contributed by atoms with E-state index < -0.39 is 0 Å². The van der Waals surface area contributed by atoms with E-state index in [4.69, 9.17) is 14.9 Å². The fraction of sp³-hybridized carbons (Fsp3) is 0.462. The van der Waals surface area contributed by atoms with Crippen molar-refractivity contribution in [1.82, 2.24) is 4.98 Å². The maximum atomic E-state index is 5.74. The summed E-state index contributed by atoms with van der Waals surface area (Å²) >= 11 is 0. The Morgan fingerprint density at radius 2 is 2.18 bits per heavy atom. The molecule has 0 aliphatic carbocycles. The number of oxazole rings is 1. The van der Waals surface area contributed by atoms with Crippen LogP contribution in [0.5, 0.6) is 0 Å². The first-order valence-electron chi connectivity index (χ1n) is 5.79. The van der Waals surface area contributed by atoms with E-state index in [1.807, 2.05) is 19.9 Å². The number of ether oxygens (including phenoxy) is 1. The molecule has 0 amide bonds. The largest absolute Gasteiger partial charge is 0.438 e. The van der Waals surface area contributed by atoms with Crippen molar-refractivity contribution < 1.29 is 9.15 Å². The second-order valence-electron chi connectivity index (χ2n) is 4.74. The van der Waals surface area contributed by atoms with E-state index in [9.17, 15) is 0 Å². The third kappa shape index (κ3) is 2.77. The van der Waals surface area contributed by atoms with E-state index in [-0.39, 0.29) is 5.60 Å². The van der Waals surface area contributed by atoms with Crippen molar-refractivity contribution in [2.75, 3.05) is 5.73 Å². The molecule has 0 spiro atoms. The van der Waals surface area contributed by atoms with Crippen molar-refractivity contribution in [1.29, 1.82) is 0 Å². The monoisotopic (exact) mass is 234 g/mol. The molecule has 0 saturated carbocycles. The van der Waals surface area contributed by atoms with Gasteiger partial charge in [-0.2, -0.15) is 0 Å². The lowest BCUT2D eigenvalue weighted by atomic mass is 10.1. The van der Waals surface area contributed by atoms with Crippen molar-refractivity contribution in [2.45, 2.75) is 39.4 Å². The second-order valence-corrected chi connectivity index (χ2v) is 4.74. The second kappa shape index (κ2) is 4.37. The summed E-state index contributed by atoms with van der Waals surface area (Å²) in [5.74, 6) is 0.590. The van der Waals surface area contributed by atoms with Gasteiger partial charge in [-0.3, -0.25) is 0 Å². The minimum Gasteiger partial charge on any atom is -0.438 e. The highest BCUT2D eigenvalue weighted by atomic mass is 16.5. The number of rotatable bonds is 4. The van der Waals surface area contributed by atoms with E-state index >= 15 is 0 Å². The van der Waals surface area contributed by atoms with Gasteiger partial charge in [0.1, 0.15) is 12.1 Å². The number of hydrogen-bond acceptors (Lipinski definition) is 4. The Morgan fingerprint density at radius 3 is 2.88 bits per heavy atom. The summed E-state index contributed by atoms with van der Waals surface area (Å²) < 4.78 is 11.3. The molecule has 0 fully saturated rings. The fourth-order valence-corrected chi connectivity index (χ4v) is 1.41. The molecule has 1 aromatic carbocycles.